The largest absolute Gasteiger partial charge is 0.416 e. The molecule has 1 aromatic carbocycles. The first-order valence-electron chi connectivity index (χ1n) is 5.88. The van der Waals surface area contributed by atoms with E-state index in [2.05, 4.69) is 4.98 Å². The minimum absolute atomic E-state index is 0.155. The van der Waals surface area contributed by atoms with E-state index in [1.165, 1.54) is 18.3 Å². The molecular weight excluding hydrogens is 289 g/mol. The first-order valence-corrected chi connectivity index (χ1v) is 6.26. The van der Waals surface area contributed by atoms with Crippen molar-refractivity contribution in [1.82, 2.24) is 4.98 Å². The molecule has 2 aromatic rings. The molecule has 0 saturated carbocycles. The van der Waals surface area contributed by atoms with Crippen molar-refractivity contribution in [2.75, 3.05) is 0 Å². The molecule has 0 aliphatic carbocycles. The molecule has 20 heavy (non-hydrogen) atoms. The Labute approximate surface area is 119 Å². The number of nitriles is 1. The zero-order valence-electron chi connectivity index (χ0n) is 10.8. The van der Waals surface area contributed by atoms with Gasteiger partial charge in [-0.3, -0.25) is 0 Å². The number of halogens is 4. The third-order valence-corrected chi connectivity index (χ3v) is 2.76. The van der Waals surface area contributed by atoms with E-state index < -0.39 is 11.7 Å². The first-order chi connectivity index (χ1) is 9.43. The normalized spacial score (nSPS) is 10.4. The molecule has 106 valence electrons. The number of aromatic nitrogens is 1. The predicted molar refractivity (Wildman–Crippen MR) is 72.3 cm³/mol. The highest BCUT2D eigenvalue weighted by Crippen LogP contribution is 2.36. The van der Waals surface area contributed by atoms with Crippen LogP contribution in [0.2, 0.25) is 5.02 Å². The molecule has 2 nitrogen and oxygen atoms in total. The molecule has 0 fully saturated rings. The molecule has 0 aliphatic heterocycles. The van der Waals surface area contributed by atoms with Crippen LogP contribution in [0.3, 0.4) is 0 Å². The van der Waals surface area contributed by atoms with Crippen molar-refractivity contribution >= 4 is 11.6 Å². The van der Waals surface area contributed by atoms with Crippen molar-refractivity contribution in [3.63, 3.8) is 0 Å². The van der Waals surface area contributed by atoms with Gasteiger partial charge in [-0.2, -0.15) is 18.4 Å². The Hall–Kier alpha value is -1.93. The predicted octanol–water partition coefficient (Wildman–Crippen LogP) is 5.25. The van der Waals surface area contributed by atoms with Gasteiger partial charge in [-0.25, -0.2) is 0 Å². The average molecular weight is 301 g/mol. The second-order valence-electron chi connectivity index (χ2n) is 3.57. The number of aromatic amines is 1. The molecular formula is C14H12ClF3N2. The summed E-state index contributed by atoms with van der Waals surface area (Å²) in [5.41, 5.74) is -0.113. The summed E-state index contributed by atoms with van der Waals surface area (Å²) in [6.07, 6.45) is -2.97. The summed E-state index contributed by atoms with van der Waals surface area (Å²) in [5.74, 6) is 0. The Morgan fingerprint density at radius 3 is 2.40 bits per heavy atom. The lowest BCUT2D eigenvalue weighted by atomic mass is 10.1. The van der Waals surface area contributed by atoms with Crippen LogP contribution < -0.4 is 0 Å². The van der Waals surface area contributed by atoms with Gasteiger partial charge in [0.1, 0.15) is 6.07 Å². The van der Waals surface area contributed by atoms with Crippen LogP contribution in [-0.4, -0.2) is 4.98 Å². The Bertz CT molecular complexity index is 624. The highest BCUT2D eigenvalue weighted by molar-refractivity contribution is 6.33. The highest BCUT2D eigenvalue weighted by Gasteiger charge is 2.31. The van der Waals surface area contributed by atoms with Crippen LogP contribution in [0.5, 0.6) is 0 Å². The second-order valence-corrected chi connectivity index (χ2v) is 3.98. The van der Waals surface area contributed by atoms with Crippen molar-refractivity contribution < 1.29 is 13.2 Å². The molecule has 1 N–H and O–H groups in total. The molecule has 0 amide bonds. The van der Waals surface area contributed by atoms with Crippen LogP contribution in [0, 0.1) is 11.3 Å². The number of nitrogens with zero attached hydrogens (tertiary/aromatic N) is 1. The maximum absolute atomic E-state index is 12.6. The summed E-state index contributed by atoms with van der Waals surface area (Å²) in [7, 11) is 0. The molecule has 1 aromatic heterocycles. The molecule has 6 heteroatoms. The number of rotatable bonds is 1. The van der Waals surface area contributed by atoms with E-state index in [0.29, 0.717) is 0 Å². The third kappa shape index (κ3) is 3.34. The average Bonchev–Trinajstić information content (AvgIpc) is 2.88. The van der Waals surface area contributed by atoms with E-state index in [1.54, 1.807) is 0 Å². The lowest BCUT2D eigenvalue weighted by molar-refractivity contribution is -0.137. The van der Waals surface area contributed by atoms with Crippen molar-refractivity contribution in [1.29, 1.82) is 5.26 Å². The van der Waals surface area contributed by atoms with Crippen LogP contribution in [-0.2, 0) is 6.18 Å². The fraction of sp³-hybridized carbons (Fsp3) is 0.214. The van der Waals surface area contributed by atoms with Crippen molar-refractivity contribution in [3.05, 3.63) is 46.6 Å². The molecule has 2 rings (SSSR count). The Morgan fingerprint density at radius 2 is 1.85 bits per heavy atom. The molecule has 0 aliphatic rings. The number of alkyl halides is 3. The molecule has 0 unspecified atom stereocenters. The van der Waals surface area contributed by atoms with E-state index in [9.17, 15) is 13.2 Å². The van der Waals surface area contributed by atoms with Gasteiger partial charge in [0, 0.05) is 16.8 Å². The van der Waals surface area contributed by atoms with Crippen LogP contribution in [0.25, 0.3) is 11.3 Å². The summed E-state index contributed by atoms with van der Waals surface area (Å²) >= 11 is 5.87. The zero-order chi connectivity index (χ0) is 15.3. The molecule has 1 heterocycles. The lowest BCUT2D eigenvalue weighted by Gasteiger charge is -2.10. The molecule has 0 atom stereocenters. The van der Waals surface area contributed by atoms with Crippen LogP contribution in [0.15, 0.2) is 30.5 Å². The van der Waals surface area contributed by atoms with Gasteiger partial charge in [0.2, 0.25) is 0 Å². The van der Waals surface area contributed by atoms with Gasteiger partial charge in [0.05, 0.1) is 16.8 Å². The second kappa shape index (κ2) is 6.49. The van der Waals surface area contributed by atoms with Crippen LogP contribution in [0.1, 0.15) is 25.0 Å². The molecule has 0 radical (unpaired) electrons. The lowest BCUT2D eigenvalue weighted by Crippen LogP contribution is -2.04. The summed E-state index contributed by atoms with van der Waals surface area (Å²) in [6, 6.07) is 6.36. The number of hydrogen-bond donors (Lipinski definition) is 1. The van der Waals surface area contributed by atoms with E-state index >= 15 is 0 Å². The monoisotopic (exact) mass is 300 g/mol. The van der Waals surface area contributed by atoms with Gasteiger partial charge in [-0.15, -0.1) is 0 Å². The molecule has 0 saturated heterocycles. The van der Waals surface area contributed by atoms with E-state index in [-0.39, 0.29) is 21.8 Å². The first kappa shape index (κ1) is 16.1. The Kier molecular flexibility index (Phi) is 5.23. The van der Waals surface area contributed by atoms with Gasteiger partial charge >= 0.3 is 6.18 Å². The smallest absolute Gasteiger partial charge is 0.360 e. The maximum atomic E-state index is 12.6. The fourth-order valence-corrected chi connectivity index (χ4v) is 1.79. The fourth-order valence-electron chi connectivity index (χ4n) is 1.58. The number of nitrogens with one attached hydrogen (secondary N) is 1. The summed E-state index contributed by atoms with van der Waals surface area (Å²) < 4.78 is 37.8. The Balaban J connectivity index is 0.000000956. The highest BCUT2D eigenvalue weighted by atomic mass is 35.5. The van der Waals surface area contributed by atoms with Gasteiger partial charge in [0.15, 0.2) is 0 Å². The molecule has 0 spiro atoms. The van der Waals surface area contributed by atoms with Crippen LogP contribution >= 0.6 is 11.6 Å². The van der Waals surface area contributed by atoms with Gasteiger partial charge in [-0.1, -0.05) is 25.4 Å². The standard InChI is InChI=1S/C12H6ClF3N2.C2H6/c13-10-2-1-8(12(14,15)16)5-9(10)11-7(6-17)3-4-18-11;1-2/h1-5,18H;1-2H3. The number of H-pyrrole nitrogens is 1. The van der Waals surface area contributed by atoms with Gasteiger partial charge < -0.3 is 4.98 Å². The van der Waals surface area contributed by atoms with Gasteiger partial charge in [-0.05, 0) is 24.3 Å². The minimum atomic E-state index is -4.45. The minimum Gasteiger partial charge on any atom is -0.360 e. The molecule has 0 bridgehead atoms. The quantitative estimate of drug-likeness (QED) is 0.767. The summed E-state index contributed by atoms with van der Waals surface area (Å²) in [4.78, 5) is 2.72. The van der Waals surface area contributed by atoms with Crippen molar-refractivity contribution in [3.8, 4) is 17.3 Å². The number of benzene rings is 1. The van der Waals surface area contributed by atoms with E-state index in [1.807, 2.05) is 19.9 Å². The summed E-state index contributed by atoms with van der Waals surface area (Å²) in [5, 5.41) is 9.01. The SMILES string of the molecule is CC.N#Cc1cc[nH]c1-c1cc(C(F)(F)F)ccc1Cl. The van der Waals surface area contributed by atoms with Crippen molar-refractivity contribution in [2.45, 2.75) is 20.0 Å². The number of hydrogen-bond acceptors (Lipinski definition) is 1. The zero-order valence-corrected chi connectivity index (χ0v) is 11.6. The Morgan fingerprint density at radius 1 is 1.20 bits per heavy atom. The van der Waals surface area contributed by atoms with E-state index in [0.717, 1.165) is 12.1 Å². The van der Waals surface area contributed by atoms with Crippen molar-refractivity contribution in [2.24, 2.45) is 0 Å². The van der Waals surface area contributed by atoms with Crippen LogP contribution in [0.4, 0.5) is 13.2 Å². The third-order valence-electron chi connectivity index (χ3n) is 2.43. The summed E-state index contributed by atoms with van der Waals surface area (Å²) in [6.45, 7) is 4.00. The topological polar surface area (TPSA) is 39.6 Å². The van der Waals surface area contributed by atoms with E-state index in [4.69, 9.17) is 16.9 Å². The van der Waals surface area contributed by atoms with Gasteiger partial charge in [0.25, 0.3) is 0 Å². The maximum Gasteiger partial charge on any atom is 0.416 e.